The lowest BCUT2D eigenvalue weighted by Gasteiger charge is -2.36. The number of hydrogen-bond acceptors (Lipinski definition) is 6. The molecular formula is C26H23F3N4O4. The first-order chi connectivity index (χ1) is 17.7. The third kappa shape index (κ3) is 4.48. The van der Waals surface area contributed by atoms with Gasteiger partial charge in [0.25, 0.3) is 5.91 Å². The zero-order valence-corrected chi connectivity index (χ0v) is 19.7. The molecule has 0 atom stereocenters. The number of nitrogens with one attached hydrogen (secondary N) is 1. The number of nitrogens with zero attached hydrogens (tertiary/aromatic N) is 3. The largest absolute Gasteiger partial charge is 0.504 e. The van der Waals surface area contributed by atoms with Crippen LogP contribution in [-0.4, -0.2) is 64.3 Å². The molecule has 1 amide bonds. The smallest absolute Gasteiger partial charge is 0.420 e. The van der Waals surface area contributed by atoms with Gasteiger partial charge >= 0.3 is 6.18 Å². The van der Waals surface area contributed by atoms with Gasteiger partial charge in [0.1, 0.15) is 11.4 Å². The van der Waals surface area contributed by atoms with Crippen LogP contribution in [-0.2, 0) is 6.18 Å². The molecule has 3 N–H and O–H groups in total. The van der Waals surface area contributed by atoms with Crippen molar-refractivity contribution in [3.8, 4) is 28.6 Å². The number of phenolic OH excluding ortho intramolecular Hbond substituents is 2. The lowest BCUT2D eigenvalue weighted by Crippen LogP contribution is -2.48. The van der Waals surface area contributed by atoms with Gasteiger partial charge in [0.05, 0.1) is 18.1 Å². The van der Waals surface area contributed by atoms with E-state index in [0.717, 1.165) is 11.8 Å². The van der Waals surface area contributed by atoms with Crippen molar-refractivity contribution in [2.24, 2.45) is 0 Å². The van der Waals surface area contributed by atoms with Crippen molar-refractivity contribution in [3.05, 3.63) is 65.7 Å². The summed E-state index contributed by atoms with van der Waals surface area (Å²) in [5, 5.41) is 20.0. The summed E-state index contributed by atoms with van der Waals surface area (Å²) >= 11 is 0. The van der Waals surface area contributed by atoms with E-state index < -0.39 is 28.8 Å². The number of fused-ring (bicyclic) bond motifs is 1. The molecule has 3 aromatic carbocycles. The number of imidazole rings is 1. The average molecular weight is 512 g/mol. The quantitative estimate of drug-likeness (QED) is 0.345. The van der Waals surface area contributed by atoms with Gasteiger partial charge in [0.15, 0.2) is 11.5 Å². The number of piperazine rings is 1. The van der Waals surface area contributed by atoms with Crippen LogP contribution in [0.3, 0.4) is 0 Å². The molecule has 2 heterocycles. The molecule has 0 bridgehead atoms. The van der Waals surface area contributed by atoms with E-state index in [9.17, 15) is 28.2 Å². The van der Waals surface area contributed by atoms with E-state index in [1.807, 2.05) is 24.3 Å². The van der Waals surface area contributed by atoms with E-state index in [4.69, 9.17) is 4.74 Å². The number of phenols is 2. The second kappa shape index (κ2) is 9.23. The van der Waals surface area contributed by atoms with Gasteiger partial charge in [-0.3, -0.25) is 4.79 Å². The standard InChI is InChI=1S/C26H23F3N4O4/c1-37-20-14-17(21(26(27,28)29)23(35)22(20)34)24-30-18-8-7-16(13-19(18)31-24)32-9-11-33(12-10-32)25(36)15-5-3-2-4-6-15/h2-8,13-14,34-35H,9-12H2,1H3,(H,30,31). The molecule has 4 aromatic rings. The number of amides is 1. The van der Waals surface area contributed by atoms with E-state index >= 15 is 0 Å². The topological polar surface area (TPSA) is 102 Å². The predicted octanol–water partition coefficient (Wildman–Crippen LogP) is 4.63. The molecular weight excluding hydrogens is 489 g/mol. The molecule has 0 aliphatic carbocycles. The van der Waals surface area contributed by atoms with Crippen molar-refractivity contribution in [3.63, 3.8) is 0 Å². The second-order valence-electron chi connectivity index (χ2n) is 8.63. The minimum absolute atomic E-state index is 0.0260. The molecule has 1 aliphatic rings. The predicted molar refractivity (Wildman–Crippen MR) is 131 cm³/mol. The number of anilines is 1. The van der Waals surface area contributed by atoms with Crippen molar-refractivity contribution in [2.75, 3.05) is 38.2 Å². The summed E-state index contributed by atoms with van der Waals surface area (Å²) in [5.41, 5.74) is 0.523. The van der Waals surface area contributed by atoms with Crippen molar-refractivity contribution in [1.29, 1.82) is 0 Å². The molecule has 0 spiro atoms. The number of aromatic amines is 1. The number of hydrogen-bond donors (Lipinski definition) is 3. The Morgan fingerprint density at radius 1 is 1.00 bits per heavy atom. The number of benzene rings is 3. The maximum absolute atomic E-state index is 13.8. The summed E-state index contributed by atoms with van der Waals surface area (Å²) in [6.45, 7) is 2.24. The fourth-order valence-electron chi connectivity index (χ4n) is 4.52. The Labute approximate surface area is 209 Å². The lowest BCUT2D eigenvalue weighted by molar-refractivity contribution is -0.138. The number of halogens is 3. The normalized spacial score (nSPS) is 14.3. The Bertz CT molecular complexity index is 1460. The molecule has 192 valence electrons. The monoisotopic (exact) mass is 512 g/mol. The van der Waals surface area contributed by atoms with Gasteiger partial charge in [-0.1, -0.05) is 18.2 Å². The van der Waals surface area contributed by atoms with Gasteiger partial charge in [-0.25, -0.2) is 4.98 Å². The van der Waals surface area contributed by atoms with Gasteiger partial charge < -0.3 is 29.7 Å². The molecule has 0 radical (unpaired) electrons. The van der Waals surface area contributed by atoms with Crippen molar-refractivity contribution >= 4 is 22.6 Å². The Kier molecular flexibility index (Phi) is 6.06. The molecule has 1 aromatic heterocycles. The maximum atomic E-state index is 13.8. The summed E-state index contributed by atoms with van der Waals surface area (Å²) in [6.07, 6.45) is -4.95. The summed E-state index contributed by atoms with van der Waals surface area (Å²) in [4.78, 5) is 23.8. The molecule has 1 fully saturated rings. The van der Waals surface area contributed by atoms with Crippen LogP contribution >= 0.6 is 0 Å². The van der Waals surface area contributed by atoms with Crippen LogP contribution in [0.4, 0.5) is 18.9 Å². The van der Waals surface area contributed by atoms with Crippen LogP contribution in [0.25, 0.3) is 22.4 Å². The van der Waals surface area contributed by atoms with E-state index in [1.165, 1.54) is 7.11 Å². The number of alkyl halides is 3. The lowest BCUT2D eigenvalue weighted by atomic mass is 10.0. The number of H-pyrrole nitrogens is 1. The second-order valence-corrected chi connectivity index (χ2v) is 8.63. The van der Waals surface area contributed by atoms with Crippen LogP contribution in [0.2, 0.25) is 0 Å². The van der Waals surface area contributed by atoms with Gasteiger partial charge in [-0.15, -0.1) is 0 Å². The Balaban J connectivity index is 1.42. The fraction of sp³-hybridized carbons (Fsp3) is 0.231. The van der Waals surface area contributed by atoms with Gasteiger partial charge in [-0.05, 0) is 36.4 Å². The highest BCUT2D eigenvalue weighted by Gasteiger charge is 2.40. The highest BCUT2D eigenvalue weighted by atomic mass is 19.4. The van der Waals surface area contributed by atoms with Crippen LogP contribution in [0, 0.1) is 0 Å². The van der Waals surface area contributed by atoms with Gasteiger partial charge in [0.2, 0.25) is 5.75 Å². The highest BCUT2D eigenvalue weighted by molar-refractivity contribution is 5.94. The van der Waals surface area contributed by atoms with Crippen molar-refractivity contribution < 1.29 is 32.9 Å². The number of rotatable bonds is 4. The van der Waals surface area contributed by atoms with E-state index in [-0.39, 0.29) is 17.5 Å². The van der Waals surface area contributed by atoms with Crippen LogP contribution < -0.4 is 9.64 Å². The van der Waals surface area contributed by atoms with E-state index in [0.29, 0.717) is 42.8 Å². The molecule has 5 rings (SSSR count). The van der Waals surface area contributed by atoms with Gasteiger partial charge in [-0.2, -0.15) is 13.2 Å². The molecule has 1 saturated heterocycles. The number of aromatic hydroxyl groups is 2. The highest BCUT2D eigenvalue weighted by Crippen LogP contribution is 2.50. The molecule has 1 aliphatic heterocycles. The first-order valence-electron chi connectivity index (χ1n) is 11.5. The fourth-order valence-corrected chi connectivity index (χ4v) is 4.52. The molecule has 0 unspecified atom stereocenters. The Morgan fingerprint density at radius 3 is 2.35 bits per heavy atom. The Morgan fingerprint density at radius 2 is 1.70 bits per heavy atom. The number of carbonyl (C=O) groups is 1. The third-order valence-electron chi connectivity index (χ3n) is 6.42. The third-order valence-corrected chi connectivity index (χ3v) is 6.42. The zero-order valence-electron chi connectivity index (χ0n) is 19.7. The number of methoxy groups -OCH3 is 1. The van der Waals surface area contributed by atoms with Crippen molar-refractivity contribution in [1.82, 2.24) is 14.9 Å². The van der Waals surface area contributed by atoms with Crippen LogP contribution in [0.1, 0.15) is 15.9 Å². The molecule has 37 heavy (non-hydrogen) atoms. The summed E-state index contributed by atoms with van der Waals surface area (Å²) in [7, 11) is 1.17. The average Bonchev–Trinajstić information content (AvgIpc) is 3.33. The molecule has 8 nitrogen and oxygen atoms in total. The van der Waals surface area contributed by atoms with Crippen molar-refractivity contribution in [2.45, 2.75) is 6.18 Å². The SMILES string of the molecule is COc1cc(-c2nc3ccc(N4CCN(C(=O)c5ccccc5)CC4)cc3[nH]2)c(C(F)(F)F)c(O)c1O. The first-order valence-corrected chi connectivity index (χ1v) is 11.5. The minimum atomic E-state index is -4.95. The minimum Gasteiger partial charge on any atom is -0.504 e. The molecule has 0 saturated carbocycles. The van der Waals surface area contributed by atoms with Crippen LogP contribution in [0.5, 0.6) is 17.2 Å². The summed E-state index contributed by atoms with van der Waals surface area (Å²) in [6, 6.07) is 15.4. The van der Waals surface area contributed by atoms with Crippen LogP contribution in [0.15, 0.2) is 54.6 Å². The molecule has 11 heteroatoms. The number of carbonyl (C=O) groups excluding carboxylic acids is 1. The summed E-state index contributed by atoms with van der Waals surface area (Å²) < 4.78 is 46.3. The van der Waals surface area contributed by atoms with Gasteiger partial charge in [0, 0.05) is 43.0 Å². The number of ether oxygens (including phenoxy) is 1. The summed E-state index contributed by atoms with van der Waals surface area (Å²) in [5.74, 6) is -2.80. The Hall–Kier alpha value is -4.41. The van der Waals surface area contributed by atoms with E-state index in [1.54, 1.807) is 29.2 Å². The first kappa shape index (κ1) is 24.3. The number of aromatic nitrogens is 2. The van der Waals surface area contributed by atoms with E-state index in [2.05, 4.69) is 14.9 Å². The zero-order chi connectivity index (χ0) is 26.3. The maximum Gasteiger partial charge on any atom is 0.420 e.